The molecule has 0 unspecified atom stereocenters. The van der Waals surface area contributed by atoms with Crippen LogP contribution in [0, 0.1) is 22.0 Å². The molecule has 0 radical (unpaired) electrons. The van der Waals surface area contributed by atoms with Crippen LogP contribution in [0.3, 0.4) is 0 Å². The molecule has 4 nitrogen and oxygen atoms in total. The van der Waals surface area contributed by atoms with Crippen molar-refractivity contribution in [1.82, 2.24) is 0 Å². The molecule has 1 rings (SSSR count). The van der Waals surface area contributed by atoms with Gasteiger partial charge in [0, 0.05) is 0 Å². The topological polar surface area (TPSA) is 52.4 Å². The second kappa shape index (κ2) is 5.27. The lowest BCUT2D eigenvalue weighted by molar-refractivity contribution is -0.385. The first-order valence-electron chi connectivity index (χ1n) is 4.11. The Kier molecular flexibility index (Phi) is 4.01. The monoisotopic (exact) mass is 223 g/mol. The van der Waals surface area contributed by atoms with Crippen LogP contribution in [-0.2, 0) is 0 Å². The highest BCUT2D eigenvalue weighted by molar-refractivity contribution is 7.80. The summed E-state index contributed by atoms with van der Waals surface area (Å²) in [4.78, 5) is 10.2. The maximum Gasteiger partial charge on any atom is 0.288 e. The number of benzene rings is 1. The summed E-state index contributed by atoms with van der Waals surface area (Å²) in [5.41, 5.74) is 0.318. The van der Waals surface area contributed by atoms with E-state index in [1.54, 1.807) is 12.1 Å². The van der Waals surface area contributed by atoms with Crippen LogP contribution >= 0.6 is 12.6 Å². The summed E-state index contributed by atoms with van der Waals surface area (Å²) in [6.45, 7) is 0. The molecule has 0 atom stereocenters. The van der Waals surface area contributed by atoms with Crippen molar-refractivity contribution in [3.8, 4) is 17.6 Å². The van der Waals surface area contributed by atoms with Crippen molar-refractivity contribution in [3.63, 3.8) is 0 Å². The normalized spacial score (nSPS) is 8.93. The number of nitro benzene ring substituents is 1. The Hall–Kier alpha value is -1.67. The number of ether oxygens (including phenoxy) is 1. The lowest BCUT2D eigenvalue weighted by Crippen LogP contribution is -1.93. The number of nitro groups is 1. The predicted molar refractivity (Wildman–Crippen MR) is 60.4 cm³/mol. The maximum atomic E-state index is 10.7. The number of hydrogen-bond acceptors (Lipinski definition) is 4. The van der Waals surface area contributed by atoms with Gasteiger partial charge in [0.15, 0.2) is 0 Å². The van der Waals surface area contributed by atoms with Crippen LogP contribution in [0.4, 0.5) is 5.69 Å². The van der Waals surface area contributed by atoms with Crippen molar-refractivity contribution in [1.29, 1.82) is 0 Å². The van der Waals surface area contributed by atoms with Crippen LogP contribution in [-0.4, -0.2) is 17.8 Å². The van der Waals surface area contributed by atoms with Gasteiger partial charge in [-0.15, -0.1) is 0 Å². The van der Waals surface area contributed by atoms with Crippen molar-refractivity contribution in [2.24, 2.45) is 0 Å². The summed E-state index contributed by atoms with van der Waals surface area (Å²) < 4.78 is 4.90. The Morgan fingerprint density at radius 2 is 2.33 bits per heavy atom. The Morgan fingerprint density at radius 3 is 2.87 bits per heavy atom. The third-order valence-corrected chi connectivity index (χ3v) is 1.86. The summed E-state index contributed by atoms with van der Waals surface area (Å²) in [5, 5.41) is 10.7. The highest BCUT2D eigenvalue weighted by atomic mass is 32.1. The van der Waals surface area contributed by atoms with Crippen LogP contribution < -0.4 is 4.74 Å². The molecule has 5 heteroatoms. The minimum Gasteiger partial charge on any atom is -0.497 e. The molecule has 0 aliphatic rings. The van der Waals surface area contributed by atoms with Gasteiger partial charge in [-0.3, -0.25) is 10.1 Å². The van der Waals surface area contributed by atoms with Gasteiger partial charge in [0.25, 0.3) is 5.69 Å². The Morgan fingerprint density at radius 1 is 1.60 bits per heavy atom. The molecule has 78 valence electrons. The lowest BCUT2D eigenvalue weighted by atomic mass is 10.2. The molecule has 0 saturated carbocycles. The quantitative estimate of drug-likeness (QED) is 0.360. The van der Waals surface area contributed by atoms with Crippen molar-refractivity contribution >= 4 is 18.3 Å². The van der Waals surface area contributed by atoms with E-state index in [9.17, 15) is 10.1 Å². The Balaban J connectivity index is 3.21. The molecule has 15 heavy (non-hydrogen) atoms. The summed E-state index contributed by atoms with van der Waals surface area (Å²) in [5.74, 6) is 6.15. The summed E-state index contributed by atoms with van der Waals surface area (Å²) in [6, 6.07) is 4.55. The van der Waals surface area contributed by atoms with Crippen molar-refractivity contribution in [2.75, 3.05) is 12.9 Å². The predicted octanol–water partition coefficient (Wildman–Crippen LogP) is 1.88. The minimum atomic E-state index is -0.481. The minimum absolute atomic E-state index is 0.0522. The number of methoxy groups -OCH3 is 1. The fourth-order valence-electron chi connectivity index (χ4n) is 1.03. The lowest BCUT2D eigenvalue weighted by Gasteiger charge is -2.00. The highest BCUT2D eigenvalue weighted by Crippen LogP contribution is 2.23. The zero-order valence-corrected chi connectivity index (χ0v) is 8.95. The molecule has 0 aliphatic carbocycles. The molecule has 0 spiro atoms. The maximum absolute atomic E-state index is 10.7. The SMILES string of the molecule is COc1ccc(C#CCS)c([N+](=O)[O-])c1. The van der Waals surface area contributed by atoms with Gasteiger partial charge in [-0.05, 0) is 12.1 Å². The summed E-state index contributed by atoms with van der Waals surface area (Å²) in [6.07, 6.45) is 0. The van der Waals surface area contributed by atoms with Gasteiger partial charge in [-0.2, -0.15) is 12.6 Å². The molecule has 0 saturated heterocycles. The van der Waals surface area contributed by atoms with E-state index in [4.69, 9.17) is 4.74 Å². The first-order chi connectivity index (χ1) is 7.19. The molecular formula is C10H9NO3S. The van der Waals surface area contributed by atoms with Gasteiger partial charge < -0.3 is 4.74 Å². The van der Waals surface area contributed by atoms with Gasteiger partial charge in [0.1, 0.15) is 11.3 Å². The van der Waals surface area contributed by atoms with Crippen molar-refractivity contribution < 1.29 is 9.66 Å². The van der Waals surface area contributed by atoms with Gasteiger partial charge in [-0.1, -0.05) is 11.8 Å². The fraction of sp³-hybridized carbons (Fsp3) is 0.200. The largest absolute Gasteiger partial charge is 0.497 e. The highest BCUT2D eigenvalue weighted by Gasteiger charge is 2.12. The van der Waals surface area contributed by atoms with Crippen LogP contribution in [0.15, 0.2) is 18.2 Å². The molecular weight excluding hydrogens is 214 g/mol. The molecule has 0 amide bonds. The van der Waals surface area contributed by atoms with Crippen LogP contribution in [0.25, 0.3) is 0 Å². The van der Waals surface area contributed by atoms with Crippen LogP contribution in [0.2, 0.25) is 0 Å². The van der Waals surface area contributed by atoms with Gasteiger partial charge in [0.05, 0.1) is 23.9 Å². The molecule has 0 aliphatic heterocycles. The second-order valence-electron chi connectivity index (χ2n) is 2.60. The molecule has 0 fully saturated rings. The van der Waals surface area contributed by atoms with E-state index in [2.05, 4.69) is 24.5 Å². The van der Waals surface area contributed by atoms with Crippen LogP contribution in [0.1, 0.15) is 5.56 Å². The van der Waals surface area contributed by atoms with E-state index in [1.165, 1.54) is 13.2 Å². The molecule has 1 aromatic carbocycles. The molecule has 0 aromatic heterocycles. The standard InChI is InChI=1S/C10H9NO3S/c1-14-9-5-4-8(3-2-6-15)10(7-9)11(12)13/h4-5,7,15H,6H2,1H3. The second-order valence-corrected chi connectivity index (χ2v) is 2.92. The van der Waals surface area contributed by atoms with Gasteiger partial charge >= 0.3 is 0 Å². The zero-order valence-electron chi connectivity index (χ0n) is 8.06. The summed E-state index contributed by atoms with van der Waals surface area (Å²) >= 11 is 3.91. The van der Waals surface area contributed by atoms with Crippen molar-refractivity contribution in [2.45, 2.75) is 0 Å². The van der Waals surface area contributed by atoms with E-state index < -0.39 is 4.92 Å². The Labute approximate surface area is 92.8 Å². The van der Waals surface area contributed by atoms with E-state index in [0.717, 1.165) is 0 Å². The van der Waals surface area contributed by atoms with E-state index in [0.29, 0.717) is 17.1 Å². The fourth-order valence-corrected chi connectivity index (χ4v) is 1.11. The van der Waals surface area contributed by atoms with Gasteiger partial charge in [-0.25, -0.2) is 0 Å². The first kappa shape index (κ1) is 11.4. The summed E-state index contributed by atoms with van der Waals surface area (Å²) in [7, 11) is 1.46. The molecule has 0 heterocycles. The zero-order chi connectivity index (χ0) is 11.3. The van der Waals surface area contributed by atoms with Crippen molar-refractivity contribution in [3.05, 3.63) is 33.9 Å². The van der Waals surface area contributed by atoms with Gasteiger partial charge in [0.2, 0.25) is 0 Å². The average molecular weight is 223 g/mol. The third kappa shape index (κ3) is 2.89. The van der Waals surface area contributed by atoms with E-state index in [1.807, 2.05) is 0 Å². The van der Waals surface area contributed by atoms with Crippen LogP contribution in [0.5, 0.6) is 5.75 Å². The number of thiol groups is 1. The van der Waals surface area contributed by atoms with E-state index in [-0.39, 0.29) is 5.69 Å². The number of rotatable bonds is 2. The Bertz CT molecular complexity index is 434. The number of hydrogen-bond donors (Lipinski definition) is 1. The first-order valence-corrected chi connectivity index (χ1v) is 4.74. The molecule has 1 aromatic rings. The average Bonchev–Trinajstić information content (AvgIpc) is 2.26. The third-order valence-electron chi connectivity index (χ3n) is 1.70. The number of nitrogens with zero attached hydrogens (tertiary/aromatic N) is 1. The van der Waals surface area contributed by atoms with E-state index >= 15 is 0 Å². The molecule has 0 bridgehead atoms. The smallest absolute Gasteiger partial charge is 0.288 e. The molecule has 0 N–H and O–H groups in total.